The van der Waals surface area contributed by atoms with Crippen LogP contribution in [-0.2, 0) is 0 Å². The maximum Gasteiger partial charge on any atom is 0.316 e. The zero-order valence-electron chi connectivity index (χ0n) is 10.1. The fourth-order valence-electron chi connectivity index (χ4n) is 2.04. The number of aromatic nitrogens is 2. The molecule has 1 aliphatic heterocycles. The SMILES string of the molecule is Nc1cnc(OCCCN2CCCCC2)nc1. The molecule has 0 spiro atoms. The Kier molecular flexibility index (Phi) is 4.55. The topological polar surface area (TPSA) is 64.3 Å². The molecule has 0 radical (unpaired) electrons. The largest absolute Gasteiger partial charge is 0.463 e. The highest BCUT2D eigenvalue weighted by Gasteiger charge is 2.09. The molecular formula is C12H20N4O. The molecule has 0 unspecified atom stereocenters. The molecule has 0 amide bonds. The highest BCUT2D eigenvalue weighted by atomic mass is 16.5. The first-order chi connectivity index (χ1) is 8.34. The first-order valence-electron chi connectivity index (χ1n) is 6.27. The van der Waals surface area contributed by atoms with Crippen molar-refractivity contribution in [2.24, 2.45) is 0 Å². The van der Waals surface area contributed by atoms with E-state index in [1.807, 2.05) is 0 Å². The minimum Gasteiger partial charge on any atom is -0.463 e. The second-order valence-corrected chi connectivity index (χ2v) is 4.40. The molecule has 2 heterocycles. The fourth-order valence-corrected chi connectivity index (χ4v) is 2.04. The summed E-state index contributed by atoms with van der Waals surface area (Å²) < 4.78 is 5.45. The van der Waals surface area contributed by atoms with Crippen LogP contribution in [-0.4, -0.2) is 41.1 Å². The number of hydrogen-bond donors (Lipinski definition) is 1. The summed E-state index contributed by atoms with van der Waals surface area (Å²) in [4.78, 5) is 10.5. The van der Waals surface area contributed by atoms with Gasteiger partial charge in [0.25, 0.3) is 0 Å². The van der Waals surface area contributed by atoms with Crippen molar-refractivity contribution in [2.75, 3.05) is 32.0 Å². The second-order valence-electron chi connectivity index (χ2n) is 4.40. The summed E-state index contributed by atoms with van der Waals surface area (Å²) in [6.45, 7) is 4.24. The lowest BCUT2D eigenvalue weighted by atomic mass is 10.1. The summed E-state index contributed by atoms with van der Waals surface area (Å²) in [5.74, 6) is 0. The molecule has 5 heteroatoms. The average molecular weight is 236 g/mol. The Hall–Kier alpha value is -1.36. The van der Waals surface area contributed by atoms with E-state index in [2.05, 4.69) is 14.9 Å². The van der Waals surface area contributed by atoms with Crippen molar-refractivity contribution in [3.05, 3.63) is 12.4 Å². The molecular weight excluding hydrogens is 216 g/mol. The summed E-state index contributed by atoms with van der Waals surface area (Å²) >= 11 is 0. The maximum absolute atomic E-state index is 5.49. The van der Waals surface area contributed by atoms with E-state index in [0.29, 0.717) is 18.3 Å². The van der Waals surface area contributed by atoms with Crippen LogP contribution in [0.25, 0.3) is 0 Å². The van der Waals surface area contributed by atoms with Crippen LogP contribution in [0.5, 0.6) is 6.01 Å². The molecule has 0 aromatic carbocycles. The average Bonchev–Trinajstić information content (AvgIpc) is 2.38. The van der Waals surface area contributed by atoms with Crippen molar-refractivity contribution in [1.82, 2.24) is 14.9 Å². The van der Waals surface area contributed by atoms with Gasteiger partial charge >= 0.3 is 6.01 Å². The standard InChI is InChI=1S/C12H20N4O/c13-11-9-14-12(15-10-11)17-8-4-7-16-5-2-1-3-6-16/h9-10H,1-8,13H2. The molecule has 2 N–H and O–H groups in total. The van der Waals surface area contributed by atoms with Crippen LogP contribution in [0.4, 0.5) is 5.69 Å². The minimum atomic E-state index is 0.415. The van der Waals surface area contributed by atoms with Gasteiger partial charge in [-0.3, -0.25) is 0 Å². The Bertz CT molecular complexity index is 322. The Morgan fingerprint density at radius 1 is 1.18 bits per heavy atom. The number of ether oxygens (including phenoxy) is 1. The lowest BCUT2D eigenvalue weighted by molar-refractivity contribution is 0.200. The number of hydrogen-bond acceptors (Lipinski definition) is 5. The Morgan fingerprint density at radius 3 is 2.59 bits per heavy atom. The lowest BCUT2D eigenvalue weighted by Crippen LogP contribution is -2.31. The Morgan fingerprint density at radius 2 is 1.88 bits per heavy atom. The van der Waals surface area contributed by atoms with Crippen molar-refractivity contribution in [3.63, 3.8) is 0 Å². The predicted octanol–water partition coefficient (Wildman–Crippen LogP) is 1.31. The first kappa shape index (κ1) is 12.1. The number of nitrogens with two attached hydrogens (primary N) is 1. The van der Waals surface area contributed by atoms with Crippen LogP contribution < -0.4 is 10.5 Å². The third-order valence-electron chi connectivity index (χ3n) is 2.95. The van der Waals surface area contributed by atoms with Gasteiger partial charge < -0.3 is 15.4 Å². The number of nitrogens with zero attached hydrogens (tertiary/aromatic N) is 3. The van der Waals surface area contributed by atoms with E-state index in [1.165, 1.54) is 32.4 Å². The van der Waals surface area contributed by atoms with E-state index in [4.69, 9.17) is 10.5 Å². The summed E-state index contributed by atoms with van der Waals surface area (Å²) in [6, 6.07) is 0.415. The molecule has 0 atom stereocenters. The summed E-state index contributed by atoms with van der Waals surface area (Å²) in [6.07, 6.45) is 8.20. The monoisotopic (exact) mass is 236 g/mol. The molecule has 1 saturated heterocycles. The molecule has 17 heavy (non-hydrogen) atoms. The quantitative estimate of drug-likeness (QED) is 0.781. The number of anilines is 1. The van der Waals surface area contributed by atoms with Crippen molar-refractivity contribution in [1.29, 1.82) is 0 Å². The number of piperidine rings is 1. The molecule has 0 saturated carbocycles. The summed E-state index contributed by atoms with van der Waals surface area (Å²) in [5.41, 5.74) is 6.05. The van der Waals surface area contributed by atoms with Crippen LogP contribution in [0.2, 0.25) is 0 Å². The van der Waals surface area contributed by atoms with Crippen LogP contribution in [0.15, 0.2) is 12.4 Å². The zero-order chi connectivity index (χ0) is 11.9. The maximum atomic E-state index is 5.49. The molecule has 0 aliphatic carbocycles. The van der Waals surface area contributed by atoms with Crippen LogP contribution in [0.1, 0.15) is 25.7 Å². The number of nitrogen functional groups attached to an aromatic ring is 1. The van der Waals surface area contributed by atoms with Gasteiger partial charge in [-0.05, 0) is 32.4 Å². The van der Waals surface area contributed by atoms with E-state index in [9.17, 15) is 0 Å². The minimum absolute atomic E-state index is 0.415. The van der Waals surface area contributed by atoms with Gasteiger partial charge in [-0.25, -0.2) is 9.97 Å². The second kappa shape index (κ2) is 6.39. The predicted molar refractivity (Wildman–Crippen MR) is 66.8 cm³/mol. The van der Waals surface area contributed by atoms with E-state index < -0.39 is 0 Å². The first-order valence-corrected chi connectivity index (χ1v) is 6.27. The third kappa shape index (κ3) is 4.19. The molecule has 1 aromatic rings. The van der Waals surface area contributed by atoms with Crippen molar-refractivity contribution < 1.29 is 4.74 Å². The van der Waals surface area contributed by atoms with Gasteiger partial charge in [-0.15, -0.1) is 0 Å². The van der Waals surface area contributed by atoms with Gasteiger partial charge in [0, 0.05) is 6.54 Å². The van der Waals surface area contributed by atoms with Crippen LogP contribution >= 0.6 is 0 Å². The molecule has 2 rings (SSSR count). The zero-order valence-corrected chi connectivity index (χ0v) is 10.1. The third-order valence-corrected chi connectivity index (χ3v) is 2.95. The molecule has 0 bridgehead atoms. The number of likely N-dealkylation sites (tertiary alicyclic amines) is 1. The number of rotatable bonds is 5. The molecule has 1 fully saturated rings. The van der Waals surface area contributed by atoms with Crippen LogP contribution in [0, 0.1) is 0 Å². The van der Waals surface area contributed by atoms with Crippen molar-refractivity contribution in [3.8, 4) is 6.01 Å². The van der Waals surface area contributed by atoms with Crippen molar-refractivity contribution >= 4 is 5.69 Å². The van der Waals surface area contributed by atoms with Gasteiger partial charge in [0.1, 0.15) is 0 Å². The van der Waals surface area contributed by atoms with E-state index >= 15 is 0 Å². The van der Waals surface area contributed by atoms with Crippen molar-refractivity contribution in [2.45, 2.75) is 25.7 Å². The fraction of sp³-hybridized carbons (Fsp3) is 0.667. The van der Waals surface area contributed by atoms with Gasteiger partial charge in [-0.1, -0.05) is 6.42 Å². The highest BCUT2D eigenvalue weighted by Crippen LogP contribution is 2.09. The van der Waals surface area contributed by atoms with E-state index in [-0.39, 0.29) is 0 Å². The summed E-state index contributed by atoms with van der Waals surface area (Å²) in [5, 5.41) is 0. The Balaban J connectivity index is 1.60. The molecule has 94 valence electrons. The van der Waals surface area contributed by atoms with E-state index in [0.717, 1.165) is 13.0 Å². The van der Waals surface area contributed by atoms with Gasteiger partial charge in [0.15, 0.2) is 0 Å². The lowest BCUT2D eigenvalue weighted by Gasteiger charge is -2.26. The molecule has 5 nitrogen and oxygen atoms in total. The van der Waals surface area contributed by atoms with Gasteiger partial charge in [-0.2, -0.15) is 0 Å². The molecule has 1 aliphatic rings. The molecule has 1 aromatic heterocycles. The highest BCUT2D eigenvalue weighted by molar-refractivity contribution is 5.30. The normalized spacial score (nSPS) is 16.9. The van der Waals surface area contributed by atoms with E-state index in [1.54, 1.807) is 12.4 Å². The smallest absolute Gasteiger partial charge is 0.316 e. The summed E-state index contributed by atoms with van der Waals surface area (Å²) in [7, 11) is 0. The van der Waals surface area contributed by atoms with Crippen LogP contribution in [0.3, 0.4) is 0 Å². The Labute approximate surface area is 102 Å². The van der Waals surface area contributed by atoms with Gasteiger partial charge in [0.2, 0.25) is 0 Å². The van der Waals surface area contributed by atoms with Gasteiger partial charge in [0.05, 0.1) is 24.7 Å².